The second kappa shape index (κ2) is 6.31. The van der Waals surface area contributed by atoms with E-state index in [2.05, 4.69) is 21.7 Å². The van der Waals surface area contributed by atoms with Gasteiger partial charge in [-0.3, -0.25) is 4.79 Å². The largest absolute Gasteiger partial charge is 0.310 e. The van der Waals surface area contributed by atoms with Crippen molar-refractivity contribution in [2.45, 2.75) is 26.2 Å². The number of pyridine rings is 1. The van der Waals surface area contributed by atoms with Gasteiger partial charge in [0.25, 0.3) is 0 Å². The van der Waals surface area contributed by atoms with Crippen LogP contribution >= 0.6 is 11.3 Å². The van der Waals surface area contributed by atoms with Gasteiger partial charge in [0.1, 0.15) is 5.82 Å². The molecule has 0 spiro atoms. The summed E-state index contributed by atoms with van der Waals surface area (Å²) in [6.45, 7) is 1.94. The topological polar surface area (TPSA) is 42.0 Å². The van der Waals surface area contributed by atoms with Gasteiger partial charge in [0.2, 0.25) is 5.91 Å². The standard InChI is InChI=1S/C14H16N2OS/c1-11-5-3-9-15-14(11)16-13(17)8-2-6-12-7-4-10-18-12/h3-5,7,9-10H,2,6,8H2,1H3,(H,15,16,17). The normalized spacial score (nSPS) is 10.3. The summed E-state index contributed by atoms with van der Waals surface area (Å²) in [5.74, 6) is 0.701. The highest BCUT2D eigenvalue weighted by Gasteiger charge is 2.05. The Hall–Kier alpha value is -1.68. The monoisotopic (exact) mass is 260 g/mol. The number of anilines is 1. The second-order valence-corrected chi connectivity index (χ2v) is 5.18. The molecule has 1 amide bonds. The van der Waals surface area contributed by atoms with E-state index in [1.165, 1.54) is 4.88 Å². The summed E-state index contributed by atoms with van der Waals surface area (Å²) in [4.78, 5) is 17.2. The van der Waals surface area contributed by atoms with Crippen molar-refractivity contribution in [1.29, 1.82) is 0 Å². The summed E-state index contributed by atoms with van der Waals surface area (Å²) in [5.41, 5.74) is 0.990. The molecule has 4 heteroatoms. The first-order valence-electron chi connectivity index (χ1n) is 5.99. The van der Waals surface area contributed by atoms with Crippen LogP contribution in [0.3, 0.4) is 0 Å². The lowest BCUT2D eigenvalue weighted by molar-refractivity contribution is -0.116. The summed E-state index contributed by atoms with van der Waals surface area (Å²) in [5, 5.41) is 4.91. The Bertz CT molecular complexity index is 508. The molecular weight excluding hydrogens is 244 g/mol. The molecule has 1 N–H and O–H groups in total. The number of thiophene rings is 1. The third-order valence-electron chi connectivity index (χ3n) is 2.67. The molecule has 0 bridgehead atoms. The highest BCUT2D eigenvalue weighted by molar-refractivity contribution is 7.09. The van der Waals surface area contributed by atoms with Crippen LogP contribution in [0.25, 0.3) is 0 Å². The van der Waals surface area contributed by atoms with Crippen LogP contribution in [-0.4, -0.2) is 10.9 Å². The number of carbonyl (C=O) groups is 1. The van der Waals surface area contributed by atoms with Gasteiger partial charge in [0.05, 0.1) is 0 Å². The van der Waals surface area contributed by atoms with Crippen molar-refractivity contribution in [2.24, 2.45) is 0 Å². The summed E-state index contributed by atoms with van der Waals surface area (Å²) in [6.07, 6.45) is 4.06. The summed E-state index contributed by atoms with van der Waals surface area (Å²) in [7, 11) is 0. The zero-order valence-corrected chi connectivity index (χ0v) is 11.2. The number of amides is 1. The number of carbonyl (C=O) groups excluding carboxylic acids is 1. The van der Waals surface area contributed by atoms with E-state index in [1.54, 1.807) is 17.5 Å². The van der Waals surface area contributed by atoms with Crippen LogP contribution in [-0.2, 0) is 11.2 Å². The number of nitrogens with one attached hydrogen (secondary N) is 1. The number of aromatic nitrogens is 1. The van der Waals surface area contributed by atoms with Gasteiger partial charge >= 0.3 is 0 Å². The Morgan fingerprint density at radius 3 is 3.00 bits per heavy atom. The fraction of sp³-hybridized carbons (Fsp3) is 0.286. The highest BCUT2D eigenvalue weighted by atomic mass is 32.1. The molecule has 2 aromatic rings. The van der Waals surface area contributed by atoms with Gasteiger partial charge in [-0.15, -0.1) is 11.3 Å². The lowest BCUT2D eigenvalue weighted by atomic mass is 10.2. The summed E-state index contributed by atoms with van der Waals surface area (Å²) < 4.78 is 0. The van der Waals surface area contributed by atoms with Gasteiger partial charge in [-0.25, -0.2) is 4.98 Å². The second-order valence-electron chi connectivity index (χ2n) is 4.15. The number of rotatable bonds is 5. The molecule has 0 radical (unpaired) electrons. The summed E-state index contributed by atoms with van der Waals surface area (Å²) >= 11 is 1.74. The van der Waals surface area contributed by atoms with Gasteiger partial charge in [0.15, 0.2) is 0 Å². The van der Waals surface area contributed by atoms with E-state index >= 15 is 0 Å². The van der Waals surface area contributed by atoms with E-state index in [9.17, 15) is 4.79 Å². The van der Waals surface area contributed by atoms with Gasteiger partial charge in [-0.1, -0.05) is 12.1 Å². The zero-order chi connectivity index (χ0) is 12.8. The average molecular weight is 260 g/mol. The quantitative estimate of drug-likeness (QED) is 0.895. The van der Waals surface area contributed by atoms with Crippen LogP contribution in [0.15, 0.2) is 35.8 Å². The first-order chi connectivity index (χ1) is 8.75. The molecule has 3 nitrogen and oxygen atoms in total. The van der Waals surface area contributed by atoms with E-state index in [1.807, 2.05) is 25.1 Å². The van der Waals surface area contributed by atoms with E-state index in [0.29, 0.717) is 12.2 Å². The smallest absolute Gasteiger partial charge is 0.225 e. The Morgan fingerprint density at radius 2 is 2.28 bits per heavy atom. The van der Waals surface area contributed by atoms with Crippen LogP contribution in [0.2, 0.25) is 0 Å². The maximum absolute atomic E-state index is 11.7. The molecule has 0 unspecified atom stereocenters. The molecule has 0 saturated heterocycles. The van der Waals surface area contributed by atoms with Crippen molar-refractivity contribution in [3.8, 4) is 0 Å². The fourth-order valence-electron chi connectivity index (χ4n) is 1.69. The maximum Gasteiger partial charge on any atom is 0.225 e. The molecule has 0 atom stereocenters. The molecule has 94 valence electrons. The van der Waals surface area contributed by atoms with E-state index in [4.69, 9.17) is 0 Å². The van der Waals surface area contributed by atoms with Crippen molar-refractivity contribution >= 4 is 23.1 Å². The predicted octanol–water partition coefficient (Wildman–Crippen LogP) is 3.41. The lowest BCUT2D eigenvalue weighted by Gasteiger charge is -2.06. The number of nitrogens with zero attached hydrogens (tertiary/aromatic N) is 1. The van der Waals surface area contributed by atoms with Crippen molar-refractivity contribution in [3.05, 3.63) is 46.3 Å². The molecule has 0 fully saturated rings. The first kappa shape index (κ1) is 12.8. The fourth-order valence-corrected chi connectivity index (χ4v) is 2.44. The lowest BCUT2D eigenvalue weighted by Crippen LogP contribution is -2.13. The molecule has 2 aromatic heterocycles. The van der Waals surface area contributed by atoms with E-state index in [0.717, 1.165) is 18.4 Å². The Kier molecular flexibility index (Phi) is 4.47. The van der Waals surface area contributed by atoms with Crippen molar-refractivity contribution < 1.29 is 4.79 Å². The number of hydrogen-bond donors (Lipinski definition) is 1. The molecule has 0 aliphatic carbocycles. The molecule has 0 aromatic carbocycles. The Labute approximate surface area is 111 Å². The van der Waals surface area contributed by atoms with Crippen LogP contribution in [0.5, 0.6) is 0 Å². The van der Waals surface area contributed by atoms with E-state index in [-0.39, 0.29) is 5.91 Å². The molecule has 0 aliphatic heterocycles. The minimum absolute atomic E-state index is 0.0355. The van der Waals surface area contributed by atoms with Gasteiger partial charge < -0.3 is 5.32 Å². The summed E-state index contributed by atoms with van der Waals surface area (Å²) in [6, 6.07) is 7.94. The highest BCUT2D eigenvalue weighted by Crippen LogP contribution is 2.13. The first-order valence-corrected chi connectivity index (χ1v) is 6.87. The third-order valence-corrected chi connectivity index (χ3v) is 3.61. The van der Waals surface area contributed by atoms with Crippen LogP contribution in [0.1, 0.15) is 23.3 Å². The Morgan fingerprint density at radius 1 is 1.39 bits per heavy atom. The van der Waals surface area contributed by atoms with Crippen LogP contribution < -0.4 is 5.32 Å². The molecule has 0 saturated carbocycles. The van der Waals surface area contributed by atoms with Gasteiger partial charge in [-0.05, 0) is 42.8 Å². The predicted molar refractivity (Wildman–Crippen MR) is 74.9 cm³/mol. The van der Waals surface area contributed by atoms with Crippen molar-refractivity contribution in [1.82, 2.24) is 4.98 Å². The molecule has 2 rings (SSSR count). The number of hydrogen-bond acceptors (Lipinski definition) is 3. The average Bonchev–Trinajstić information content (AvgIpc) is 2.85. The SMILES string of the molecule is Cc1cccnc1NC(=O)CCCc1cccs1. The van der Waals surface area contributed by atoms with Gasteiger partial charge in [-0.2, -0.15) is 0 Å². The van der Waals surface area contributed by atoms with Crippen LogP contribution in [0.4, 0.5) is 5.82 Å². The van der Waals surface area contributed by atoms with Gasteiger partial charge in [0, 0.05) is 17.5 Å². The van der Waals surface area contributed by atoms with Crippen molar-refractivity contribution in [3.63, 3.8) is 0 Å². The molecule has 18 heavy (non-hydrogen) atoms. The molecular formula is C14H16N2OS. The number of aryl methyl sites for hydroxylation is 2. The minimum atomic E-state index is 0.0355. The van der Waals surface area contributed by atoms with E-state index < -0.39 is 0 Å². The Balaban J connectivity index is 1.77. The van der Waals surface area contributed by atoms with Crippen molar-refractivity contribution in [2.75, 3.05) is 5.32 Å². The molecule has 2 heterocycles. The molecule has 0 aliphatic rings. The van der Waals surface area contributed by atoms with Crippen LogP contribution in [0, 0.1) is 6.92 Å². The minimum Gasteiger partial charge on any atom is -0.310 e. The zero-order valence-electron chi connectivity index (χ0n) is 10.3. The maximum atomic E-state index is 11.7. The third kappa shape index (κ3) is 3.67.